The van der Waals surface area contributed by atoms with E-state index in [1.807, 2.05) is 29.6 Å². The molecule has 0 spiro atoms. The van der Waals surface area contributed by atoms with E-state index < -0.39 is 0 Å². The van der Waals surface area contributed by atoms with Crippen LogP contribution in [0, 0.1) is 0 Å². The number of benzene rings is 2. The molecule has 3 nitrogen and oxygen atoms in total. The first-order chi connectivity index (χ1) is 13.2. The van der Waals surface area contributed by atoms with E-state index in [1.54, 1.807) is 11.8 Å². The highest BCUT2D eigenvalue weighted by molar-refractivity contribution is 7.97. The lowest BCUT2D eigenvalue weighted by molar-refractivity contribution is 0.102. The number of hydrogen-bond donors (Lipinski definition) is 1. The Morgan fingerprint density at radius 2 is 1.89 bits per heavy atom. The van der Waals surface area contributed by atoms with Crippen LogP contribution in [0.2, 0.25) is 0 Å². The van der Waals surface area contributed by atoms with Gasteiger partial charge in [0, 0.05) is 22.3 Å². The Morgan fingerprint density at radius 3 is 2.67 bits per heavy atom. The fourth-order valence-corrected chi connectivity index (χ4v) is 4.69. The van der Waals surface area contributed by atoms with Crippen molar-refractivity contribution in [3.8, 4) is 11.3 Å². The van der Waals surface area contributed by atoms with Gasteiger partial charge in [0.05, 0.1) is 5.69 Å². The van der Waals surface area contributed by atoms with Crippen LogP contribution in [-0.2, 0) is 18.6 Å². The molecule has 0 bridgehead atoms. The lowest BCUT2D eigenvalue weighted by Gasteiger charge is -2.16. The van der Waals surface area contributed by atoms with Gasteiger partial charge < -0.3 is 0 Å². The van der Waals surface area contributed by atoms with Gasteiger partial charge in [-0.05, 0) is 66.8 Å². The first-order valence-corrected chi connectivity index (χ1v) is 11.5. The fraction of sp³-hybridized carbons (Fsp3) is 0.273. The third kappa shape index (κ3) is 4.25. The maximum atomic E-state index is 12.5. The molecule has 1 amide bonds. The summed E-state index contributed by atoms with van der Waals surface area (Å²) in [6.07, 6.45) is 6.97. The smallest absolute Gasteiger partial charge is 0.257 e. The summed E-state index contributed by atoms with van der Waals surface area (Å²) in [6.45, 7) is 0. The molecule has 1 N–H and O–H groups in total. The second-order valence-corrected chi connectivity index (χ2v) is 8.54. The molecule has 0 fully saturated rings. The minimum Gasteiger partial charge on any atom is -0.298 e. The van der Waals surface area contributed by atoms with E-state index in [-0.39, 0.29) is 5.91 Å². The van der Waals surface area contributed by atoms with Crippen LogP contribution in [0.4, 0.5) is 5.13 Å². The standard InChI is InChI=1S/C22H22N2OS2/c1-26-13-15-6-8-17(9-7-15)21(25)24-22-23-20(14-27-22)19-11-10-16-4-2-3-5-18(16)12-19/h6-12,14H,2-5,13H2,1H3,(H,23,24,25). The van der Waals surface area contributed by atoms with E-state index in [4.69, 9.17) is 0 Å². The predicted octanol–water partition coefficient (Wildman–Crippen LogP) is 5.80. The summed E-state index contributed by atoms with van der Waals surface area (Å²) in [5, 5.41) is 5.58. The molecule has 1 aliphatic carbocycles. The molecular formula is C22H22N2OS2. The van der Waals surface area contributed by atoms with Crippen molar-refractivity contribution in [2.24, 2.45) is 0 Å². The summed E-state index contributed by atoms with van der Waals surface area (Å²) in [4.78, 5) is 17.1. The minimum atomic E-state index is -0.114. The monoisotopic (exact) mass is 394 g/mol. The second kappa shape index (κ2) is 8.28. The molecule has 0 radical (unpaired) electrons. The van der Waals surface area contributed by atoms with Gasteiger partial charge in [0.15, 0.2) is 5.13 Å². The maximum Gasteiger partial charge on any atom is 0.257 e. The maximum absolute atomic E-state index is 12.5. The molecule has 0 saturated heterocycles. The Labute approximate surface area is 168 Å². The number of nitrogens with one attached hydrogen (secondary N) is 1. The van der Waals surface area contributed by atoms with Crippen LogP contribution in [0.25, 0.3) is 11.3 Å². The van der Waals surface area contributed by atoms with Gasteiger partial charge >= 0.3 is 0 Å². The molecule has 5 heteroatoms. The predicted molar refractivity (Wildman–Crippen MR) is 116 cm³/mol. The van der Waals surface area contributed by atoms with Crippen LogP contribution in [0.5, 0.6) is 0 Å². The summed E-state index contributed by atoms with van der Waals surface area (Å²) in [5.74, 6) is 0.843. The zero-order chi connectivity index (χ0) is 18.6. The lowest BCUT2D eigenvalue weighted by Crippen LogP contribution is -2.11. The molecule has 1 aliphatic rings. The van der Waals surface area contributed by atoms with Crippen molar-refractivity contribution < 1.29 is 4.79 Å². The number of aryl methyl sites for hydroxylation is 2. The highest BCUT2D eigenvalue weighted by atomic mass is 32.2. The Hall–Kier alpha value is -2.11. The third-order valence-electron chi connectivity index (χ3n) is 4.90. The third-order valence-corrected chi connectivity index (χ3v) is 6.28. The summed E-state index contributed by atoms with van der Waals surface area (Å²) in [6, 6.07) is 14.4. The molecule has 138 valence electrons. The number of nitrogens with zero attached hydrogens (tertiary/aromatic N) is 1. The zero-order valence-electron chi connectivity index (χ0n) is 15.3. The fourth-order valence-electron chi connectivity index (χ4n) is 3.44. The molecule has 4 rings (SSSR count). The number of aromatic nitrogens is 1. The van der Waals surface area contributed by atoms with Crippen LogP contribution in [-0.4, -0.2) is 17.1 Å². The van der Waals surface area contributed by atoms with Crippen molar-refractivity contribution >= 4 is 34.1 Å². The highest BCUT2D eigenvalue weighted by Crippen LogP contribution is 2.29. The first kappa shape index (κ1) is 18.3. The van der Waals surface area contributed by atoms with Crippen LogP contribution < -0.4 is 5.32 Å². The number of rotatable bonds is 5. The number of anilines is 1. The molecule has 0 unspecified atom stereocenters. The number of carbonyl (C=O) groups is 1. The summed E-state index contributed by atoms with van der Waals surface area (Å²) in [7, 11) is 0. The molecule has 0 atom stereocenters. The quantitative estimate of drug-likeness (QED) is 0.594. The van der Waals surface area contributed by atoms with Gasteiger partial charge in [0.25, 0.3) is 5.91 Å². The number of thioether (sulfide) groups is 1. The van der Waals surface area contributed by atoms with Crippen molar-refractivity contribution in [3.63, 3.8) is 0 Å². The molecule has 1 heterocycles. The number of amides is 1. The van der Waals surface area contributed by atoms with Crippen molar-refractivity contribution in [3.05, 3.63) is 70.1 Å². The van der Waals surface area contributed by atoms with Gasteiger partial charge in [-0.2, -0.15) is 11.8 Å². The van der Waals surface area contributed by atoms with E-state index in [0.717, 1.165) is 23.4 Å². The van der Waals surface area contributed by atoms with Crippen molar-refractivity contribution in [2.45, 2.75) is 31.4 Å². The van der Waals surface area contributed by atoms with Gasteiger partial charge in [-0.15, -0.1) is 11.3 Å². The summed E-state index contributed by atoms with van der Waals surface area (Å²) in [5.41, 5.74) is 6.86. The Balaban J connectivity index is 1.47. The first-order valence-electron chi connectivity index (χ1n) is 9.20. The van der Waals surface area contributed by atoms with Gasteiger partial charge in [-0.1, -0.05) is 24.3 Å². The summed E-state index contributed by atoms with van der Waals surface area (Å²) < 4.78 is 0. The van der Waals surface area contributed by atoms with Crippen molar-refractivity contribution in [1.82, 2.24) is 4.98 Å². The van der Waals surface area contributed by atoms with Gasteiger partial charge in [0.2, 0.25) is 0 Å². The second-order valence-electron chi connectivity index (χ2n) is 6.81. The molecule has 2 aromatic carbocycles. The number of fused-ring (bicyclic) bond motifs is 1. The minimum absolute atomic E-state index is 0.114. The van der Waals surface area contributed by atoms with Crippen molar-refractivity contribution in [1.29, 1.82) is 0 Å². The molecular weight excluding hydrogens is 372 g/mol. The number of hydrogen-bond acceptors (Lipinski definition) is 4. The Kier molecular flexibility index (Phi) is 5.60. The van der Waals surface area contributed by atoms with E-state index in [9.17, 15) is 4.79 Å². The zero-order valence-corrected chi connectivity index (χ0v) is 17.0. The average Bonchev–Trinajstić information content (AvgIpc) is 3.17. The van der Waals surface area contributed by atoms with Gasteiger partial charge in [-0.3, -0.25) is 10.1 Å². The lowest BCUT2D eigenvalue weighted by atomic mass is 9.90. The number of thiazole rings is 1. The van der Waals surface area contributed by atoms with E-state index in [1.165, 1.54) is 47.3 Å². The van der Waals surface area contributed by atoms with Crippen LogP contribution in [0.3, 0.4) is 0 Å². The van der Waals surface area contributed by atoms with Gasteiger partial charge in [0.1, 0.15) is 0 Å². The SMILES string of the molecule is CSCc1ccc(C(=O)Nc2nc(-c3ccc4c(c3)CCCC4)cs2)cc1. The number of carbonyl (C=O) groups excluding carboxylic acids is 1. The normalized spacial score (nSPS) is 13.2. The van der Waals surface area contributed by atoms with Gasteiger partial charge in [-0.25, -0.2) is 4.98 Å². The van der Waals surface area contributed by atoms with E-state index >= 15 is 0 Å². The van der Waals surface area contributed by atoms with E-state index in [2.05, 4.69) is 34.8 Å². The highest BCUT2D eigenvalue weighted by Gasteiger charge is 2.13. The average molecular weight is 395 g/mol. The summed E-state index contributed by atoms with van der Waals surface area (Å²) >= 11 is 3.24. The Morgan fingerprint density at radius 1 is 1.11 bits per heavy atom. The largest absolute Gasteiger partial charge is 0.298 e. The van der Waals surface area contributed by atoms with E-state index in [0.29, 0.717) is 10.7 Å². The molecule has 3 aromatic rings. The molecule has 0 saturated carbocycles. The molecule has 27 heavy (non-hydrogen) atoms. The van der Waals surface area contributed by atoms with Crippen LogP contribution in [0.15, 0.2) is 47.8 Å². The molecule has 0 aliphatic heterocycles. The van der Waals surface area contributed by atoms with Crippen LogP contribution >= 0.6 is 23.1 Å². The van der Waals surface area contributed by atoms with Crippen LogP contribution in [0.1, 0.15) is 39.9 Å². The Bertz CT molecular complexity index is 947. The topological polar surface area (TPSA) is 42.0 Å². The molecule has 1 aromatic heterocycles. The van der Waals surface area contributed by atoms with Crippen molar-refractivity contribution in [2.75, 3.05) is 11.6 Å².